The summed E-state index contributed by atoms with van der Waals surface area (Å²) < 4.78 is 22.3. The number of nitrogens with one attached hydrogen (secondary N) is 2. The van der Waals surface area contributed by atoms with Crippen molar-refractivity contribution in [3.05, 3.63) is 155 Å². The molecule has 4 aliphatic heterocycles. The number of carbonyl (C=O) groups is 6. The minimum Gasteiger partial charge on any atom is -0.461 e. The largest absolute Gasteiger partial charge is 0.489 e. The molecule has 0 bridgehead atoms. The minimum atomic E-state index is -1.77. The monoisotopic (exact) mass is 1400 g/mol. The maximum absolute atomic E-state index is 14.0. The Bertz CT molecular complexity index is 4690. The fraction of sp³-hybridized carbons (Fsp3) is 0.412. The van der Waals surface area contributed by atoms with Crippen molar-refractivity contribution in [3.63, 3.8) is 0 Å². The number of anilines is 6. The zero-order valence-corrected chi connectivity index (χ0v) is 58.0. The molecule has 512 valence electrons. The number of fused-ring (bicyclic) bond motifs is 8. The second-order valence-electron chi connectivity index (χ2n) is 27.2. The molecular formula is C68H78BBrN16O12. The average Bonchev–Trinajstić information content (AvgIpc) is 1.49. The number of carbonyl (C=O) groups excluding carboxylic acids is 6. The molecule has 8 aromatic heterocycles. The molecule has 4 N–H and O–H groups in total. The van der Waals surface area contributed by atoms with Crippen LogP contribution in [0.3, 0.4) is 0 Å². The molecule has 30 heteroatoms. The van der Waals surface area contributed by atoms with Crippen molar-refractivity contribution < 1.29 is 48.3 Å². The third-order valence-corrected chi connectivity index (χ3v) is 19.1. The van der Waals surface area contributed by atoms with Crippen LogP contribution >= 0.6 is 15.9 Å². The number of esters is 2. The van der Waals surface area contributed by atoms with E-state index in [1.807, 2.05) is 33.6 Å². The van der Waals surface area contributed by atoms with Crippen LogP contribution in [0.4, 0.5) is 34.6 Å². The molecule has 98 heavy (non-hydrogen) atoms. The molecule has 2 aliphatic carbocycles. The molecule has 0 spiro atoms. The molecule has 12 heterocycles. The Morgan fingerprint density at radius 1 is 0.582 bits per heavy atom. The van der Waals surface area contributed by atoms with Gasteiger partial charge in [0.15, 0.2) is 11.6 Å². The van der Waals surface area contributed by atoms with E-state index in [1.165, 1.54) is 62.7 Å². The maximum Gasteiger partial charge on any atom is 0.489 e. The Morgan fingerprint density at radius 2 is 1.04 bits per heavy atom. The lowest BCUT2D eigenvalue weighted by molar-refractivity contribution is -0.143. The van der Waals surface area contributed by atoms with Crippen LogP contribution < -0.4 is 37.0 Å². The first kappa shape index (κ1) is 68.0. The van der Waals surface area contributed by atoms with E-state index in [0.29, 0.717) is 128 Å². The number of aryl methyl sites for hydroxylation is 2. The Kier molecular flexibility index (Phi) is 18.6. The topological polar surface area (TPSA) is 314 Å². The molecule has 0 atom stereocenters. The second-order valence-corrected chi connectivity index (χ2v) is 28.1. The summed E-state index contributed by atoms with van der Waals surface area (Å²) in [6.45, 7) is 19.9. The molecule has 14 rings (SSSR count). The van der Waals surface area contributed by atoms with Gasteiger partial charge in [0.2, 0.25) is 11.8 Å². The van der Waals surface area contributed by atoms with E-state index >= 15 is 0 Å². The third kappa shape index (κ3) is 13.8. The summed E-state index contributed by atoms with van der Waals surface area (Å²) in [4.78, 5) is 115. The molecule has 28 nitrogen and oxygen atoms in total. The van der Waals surface area contributed by atoms with Crippen molar-refractivity contribution in [3.8, 4) is 11.1 Å². The number of pyridine rings is 4. The molecule has 8 aromatic rings. The standard InChI is InChI=1S/C34H38N8O5.C20H24BN3O5.C14H16BrN5O2/c1-20(43)39-8-11-42-24(18-39)14-30(37-42)36-27-12-23(17-38(5)32(27)45)25-6-7-35-31(26(25)19-47-21(2)44)41-10-9-40-28(33(41)46)13-22-15-34(3,4)16-29(22)40;1-12(25)29-11-14-15(21(27)28)4-5-22-18(14)24-7-6-23-16(19(24)26)8-13-9-20(2,3)10-17(13)23;1-9(21)19-3-4-20-11(8-19)6-13(17-20)16-12-5-10(15)7-18(2)14(12)22/h6-7,12-14,17H,8-11,15-16,18-19H2,1-5H3,(H,36,37);4-5,8,27-28H,6-7,9-11H2,1-3H3;5-7H,3-4,8H2,1-2H3,(H,16,17). The van der Waals surface area contributed by atoms with E-state index in [9.17, 15) is 48.4 Å². The van der Waals surface area contributed by atoms with E-state index in [-0.39, 0.29) is 70.1 Å². The van der Waals surface area contributed by atoms with Gasteiger partial charge in [-0.25, -0.2) is 9.97 Å². The lowest BCUT2D eigenvalue weighted by atomic mass is 9.77. The van der Waals surface area contributed by atoms with E-state index in [2.05, 4.69) is 83.6 Å². The van der Waals surface area contributed by atoms with Gasteiger partial charge in [-0.1, -0.05) is 27.7 Å². The van der Waals surface area contributed by atoms with E-state index in [4.69, 9.17) is 9.47 Å². The van der Waals surface area contributed by atoms with Gasteiger partial charge < -0.3 is 58.2 Å². The molecule has 0 saturated carbocycles. The summed E-state index contributed by atoms with van der Waals surface area (Å²) >= 11 is 3.37. The molecule has 0 unspecified atom stereocenters. The van der Waals surface area contributed by atoms with E-state index in [1.54, 1.807) is 79.4 Å². The molecular weight excluding hydrogens is 1320 g/mol. The first-order valence-corrected chi connectivity index (χ1v) is 33.2. The summed E-state index contributed by atoms with van der Waals surface area (Å²) in [6.07, 6.45) is 10.2. The Hall–Kier alpha value is -9.94. The summed E-state index contributed by atoms with van der Waals surface area (Å²) in [7, 11) is 1.59. The summed E-state index contributed by atoms with van der Waals surface area (Å²) in [6, 6.07) is 14.4. The molecule has 0 aromatic carbocycles. The van der Waals surface area contributed by atoms with Gasteiger partial charge in [-0.15, -0.1) is 0 Å². The fourth-order valence-electron chi connectivity index (χ4n) is 14.0. The highest BCUT2D eigenvalue weighted by Gasteiger charge is 2.40. The predicted molar refractivity (Wildman–Crippen MR) is 367 cm³/mol. The van der Waals surface area contributed by atoms with E-state index in [0.717, 1.165) is 41.5 Å². The minimum absolute atomic E-state index is 0.00253. The summed E-state index contributed by atoms with van der Waals surface area (Å²) in [5, 5.41) is 34.7. The summed E-state index contributed by atoms with van der Waals surface area (Å²) in [5.74, 6) is 0.566. The van der Waals surface area contributed by atoms with Crippen LogP contribution in [0.5, 0.6) is 0 Å². The lowest BCUT2D eigenvalue weighted by Gasteiger charge is -2.31. The molecule has 6 aliphatic rings. The number of aromatic nitrogens is 10. The number of rotatable bonds is 12. The number of halogens is 1. The van der Waals surface area contributed by atoms with Gasteiger partial charge >= 0.3 is 19.1 Å². The number of hydrogen-bond acceptors (Lipinski definition) is 18. The first-order chi connectivity index (χ1) is 46.5. The van der Waals surface area contributed by atoms with Crippen LogP contribution in [-0.2, 0) is 121 Å². The SMILES string of the molecule is CC(=O)N1CCn2nc(Nc3cc(Br)cn(C)c3=O)cc2C1.CC(=O)OCc1c(-c2cc(Nc3cc4n(n3)CCN(C(C)=O)C4)c(=O)n(C)c2)ccnc1N1CCn2c(cc3c2CC(C)(C)C3)C1=O.CC(=O)OCc1c(B(O)O)ccnc1N1CCn2c(cc3c2CC(C)(C)C3)C1=O. The van der Waals surface area contributed by atoms with Crippen LogP contribution in [0.25, 0.3) is 11.1 Å². The highest BCUT2D eigenvalue weighted by Crippen LogP contribution is 2.42. The van der Waals surface area contributed by atoms with Gasteiger partial charge in [0.1, 0.15) is 47.6 Å². The zero-order valence-electron chi connectivity index (χ0n) is 56.4. The van der Waals surface area contributed by atoms with Crippen LogP contribution in [0, 0.1) is 10.8 Å². The lowest BCUT2D eigenvalue weighted by Crippen LogP contribution is -2.43. The van der Waals surface area contributed by atoms with Gasteiger partial charge in [-0.3, -0.25) is 57.5 Å². The van der Waals surface area contributed by atoms with Crippen molar-refractivity contribution in [1.29, 1.82) is 0 Å². The van der Waals surface area contributed by atoms with Crippen LogP contribution in [0.2, 0.25) is 0 Å². The van der Waals surface area contributed by atoms with Crippen LogP contribution in [0.1, 0.15) is 121 Å². The molecule has 0 saturated heterocycles. The Morgan fingerprint density at radius 3 is 1.52 bits per heavy atom. The predicted octanol–water partition coefficient (Wildman–Crippen LogP) is 5.26. The number of amides is 4. The smallest absolute Gasteiger partial charge is 0.461 e. The number of nitrogens with zero attached hydrogens (tertiary/aromatic N) is 14. The van der Waals surface area contributed by atoms with Crippen molar-refractivity contribution in [2.75, 3.05) is 46.6 Å². The van der Waals surface area contributed by atoms with Gasteiger partial charge in [-0.05, 0) is 111 Å². The quantitative estimate of drug-likeness (QED) is 0.0895. The van der Waals surface area contributed by atoms with Crippen LogP contribution in [-0.4, -0.2) is 137 Å². The fourth-order valence-corrected chi connectivity index (χ4v) is 14.5. The van der Waals surface area contributed by atoms with Crippen molar-refractivity contribution in [1.82, 2.24) is 57.6 Å². The van der Waals surface area contributed by atoms with Gasteiger partial charge in [0.05, 0.1) is 37.6 Å². The highest BCUT2D eigenvalue weighted by molar-refractivity contribution is 9.10. The van der Waals surface area contributed by atoms with Gasteiger partial charge in [0, 0.05) is 151 Å². The normalized spacial score (nSPS) is 16.1. The summed E-state index contributed by atoms with van der Waals surface area (Å²) in [5.41, 5.74) is 11.1. The number of hydrogen-bond donors (Lipinski definition) is 4. The maximum atomic E-state index is 14.0. The second kappa shape index (κ2) is 26.8. The third-order valence-electron chi connectivity index (χ3n) is 18.6. The zero-order chi connectivity index (χ0) is 70.0. The number of ether oxygens (including phenoxy) is 2. The van der Waals surface area contributed by atoms with Crippen molar-refractivity contribution >= 4 is 98.7 Å². The Balaban J connectivity index is 0.000000152. The molecule has 4 amide bonds. The van der Waals surface area contributed by atoms with Gasteiger partial charge in [-0.2, -0.15) is 10.2 Å². The van der Waals surface area contributed by atoms with E-state index < -0.39 is 19.1 Å². The molecule has 0 radical (unpaired) electrons. The van der Waals surface area contributed by atoms with Crippen molar-refractivity contribution in [2.24, 2.45) is 24.9 Å². The average molecular weight is 1400 g/mol. The highest BCUT2D eigenvalue weighted by atomic mass is 79.9. The van der Waals surface area contributed by atoms with Crippen LogP contribution in [0.15, 0.2) is 87.4 Å². The first-order valence-electron chi connectivity index (χ1n) is 32.4. The van der Waals surface area contributed by atoms with Gasteiger partial charge in [0.25, 0.3) is 22.9 Å². The Labute approximate surface area is 573 Å². The molecule has 0 fully saturated rings. The van der Waals surface area contributed by atoms with Crippen molar-refractivity contribution in [2.45, 2.75) is 134 Å².